The van der Waals surface area contributed by atoms with Gasteiger partial charge in [-0.1, -0.05) is 12.1 Å². The molecule has 0 radical (unpaired) electrons. The first-order valence-electron chi connectivity index (χ1n) is 5.58. The van der Waals surface area contributed by atoms with Gasteiger partial charge in [0.2, 0.25) is 0 Å². The third kappa shape index (κ3) is 3.95. The average Bonchev–Trinajstić information content (AvgIpc) is 2.37. The lowest BCUT2D eigenvalue weighted by atomic mass is 10.1. The van der Waals surface area contributed by atoms with Crippen LogP contribution in [0.25, 0.3) is 0 Å². The summed E-state index contributed by atoms with van der Waals surface area (Å²) < 4.78 is 38.1. The normalized spacial score (nSPS) is 12.8. The number of halogens is 3. The first-order valence-corrected chi connectivity index (χ1v) is 5.58. The quantitative estimate of drug-likeness (QED) is 0.762. The molecule has 0 heterocycles. The number of aliphatic carboxylic acids is 1. The highest BCUT2D eigenvalue weighted by Crippen LogP contribution is 2.31. The molecule has 1 rings (SSSR count). The summed E-state index contributed by atoms with van der Waals surface area (Å²) in [5.74, 6) is -2.59. The third-order valence-corrected chi connectivity index (χ3v) is 2.50. The van der Waals surface area contributed by atoms with Crippen LogP contribution in [0.3, 0.4) is 0 Å². The van der Waals surface area contributed by atoms with Gasteiger partial charge in [-0.2, -0.15) is 13.2 Å². The van der Waals surface area contributed by atoms with Crippen LogP contribution in [0.15, 0.2) is 24.3 Å². The van der Waals surface area contributed by atoms with Crippen molar-refractivity contribution in [3.63, 3.8) is 0 Å². The van der Waals surface area contributed by atoms with Crippen molar-refractivity contribution in [2.24, 2.45) is 0 Å². The van der Waals surface area contributed by atoms with E-state index in [0.717, 1.165) is 18.2 Å². The molecule has 0 aliphatic carbocycles. The van der Waals surface area contributed by atoms with Crippen LogP contribution in [-0.2, 0) is 11.0 Å². The Hall–Kier alpha value is -2.09. The molecular weight excluding hydrogens is 279 g/mol. The summed E-state index contributed by atoms with van der Waals surface area (Å²) in [5.41, 5.74) is -1.81. The fourth-order valence-electron chi connectivity index (χ4n) is 1.55. The molecule has 1 amide bonds. The zero-order valence-electron chi connectivity index (χ0n) is 10.1. The minimum atomic E-state index is -4.72. The van der Waals surface area contributed by atoms with E-state index in [2.05, 4.69) is 0 Å². The smallest absolute Gasteiger partial charge is 0.417 e. The second-order valence-corrected chi connectivity index (χ2v) is 3.92. The molecule has 0 saturated heterocycles. The van der Waals surface area contributed by atoms with Crippen LogP contribution in [-0.4, -0.2) is 34.7 Å². The van der Waals surface area contributed by atoms with E-state index in [0.29, 0.717) is 0 Å². The molecule has 0 aromatic heterocycles. The molecule has 0 fully saturated rings. The maximum atomic E-state index is 12.7. The van der Waals surface area contributed by atoms with Gasteiger partial charge in [0, 0.05) is 13.0 Å². The number of nitrogens with one attached hydrogen (secondary N) is 1. The molecule has 8 heteroatoms. The van der Waals surface area contributed by atoms with Crippen molar-refractivity contribution in [2.45, 2.75) is 18.6 Å². The SMILES string of the molecule is O=C(N[C@@H](CCO)C(=O)O)c1ccccc1C(F)(F)F. The van der Waals surface area contributed by atoms with E-state index in [-0.39, 0.29) is 6.42 Å². The van der Waals surface area contributed by atoms with Gasteiger partial charge in [-0.3, -0.25) is 4.79 Å². The van der Waals surface area contributed by atoms with E-state index in [9.17, 15) is 22.8 Å². The number of benzene rings is 1. The van der Waals surface area contributed by atoms with Crippen molar-refractivity contribution in [2.75, 3.05) is 6.61 Å². The minimum Gasteiger partial charge on any atom is -0.480 e. The zero-order valence-corrected chi connectivity index (χ0v) is 10.1. The van der Waals surface area contributed by atoms with Crippen LogP contribution < -0.4 is 5.32 Å². The Morgan fingerprint density at radius 3 is 2.35 bits per heavy atom. The Bertz CT molecular complexity index is 502. The van der Waals surface area contributed by atoms with Crippen molar-refractivity contribution in [3.05, 3.63) is 35.4 Å². The van der Waals surface area contributed by atoms with Gasteiger partial charge in [0.05, 0.1) is 11.1 Å². The largest absolute Gasteiger partial charge is 0.480 e. The van der Waals surface area contributed by atoms with Gasteiger partial charge in [-0.15, -0.1) is 0 Å². The van der Waals surface area contributed by atoms with Gasteiger partial charge in [0.1, 0.15) is 6.04 Å². The minimum absolute atomic E-state index is 0.296. The van der Waals surface area contributed by atoms with Crippen LogP contribution in [0, 0.1) is 0 Å². The van der Waals surface area contributed by atoms with E-state index >= 15 is 0 Å². The van der Waals surface area contributed by atoms with E-state index in [4.69, 9.17) is 10.2 Å². The Morgan fingerprint density at radius 1 is 1.25 bits per heavy atom. The molecule has 1 aromatic carbocycles. The lowest BCUT2D eigenvalue weighted by molar-refractivity contribution is -0.139. The number of alkyl halides is 3. The number of rotatable bonds is 5. The summed E-state index contributed by atoms with van der Waals surface area (Å²) in [7, 11) is 0. The molecule has 0 saturated carbocycles. The van der Waals surface area contributed by atoms with Crippen molar-refractivity contribution >= 4 is 11.9 Å². The van der Waals surface area contributed by atoms with E-state index in [1.165, 1.54) is 6.07 Å². The van der Waals surface area contributed by atoms with Gasteiger partial charge in [0.25, 0.3) is 5.91 Å². The van der Waals surface area contributed by atoms with Gasteiger partial charge in [0.15, 0.2) is 0 Å². The summed E-state index contributed by atoms with van der Waals surface area (Å²) in [6, 6.07) is 2.61. The number of hydrogen-bond acceptors (Lipinski definition) is 3. The highest BCUT2D eigenvalue weighted by molar-refractivity contribution is 5.98. The van der Waals surface area contributed by atoms with Crippen LogP contribution in [0.5, 0.6) is 0 Å². The second kappa shape index (κ2) is 6.38. The number of amides is 1. The van der Waals surface area contributed by atoms with Crippen LogP contribution in [0.4, 0.5) is 13.2 Å². The van der Waals surface area contributed by atoms with Crippen LogP contribution >= 0.6 is 0 Å². The molecule has 0 spiro atoms. The van der Waals surface area contributed by atoms with Gasteiger partial charge < -0.3 is 15.5 Å². The molecule has 5 nitrogen and oxygen atoms in total. The van der Waals surface area contributed by atoms with Gasteiger partial charge >= 0.3 is 12.1 Å². The summed E-state index contributed by atoms with van der Waals surface area (Å²) >= 11 is 0. The highest BCUT2D eigenvalue weighted by atomic mass is 19.4. The number of carboxylic acid groups (broad SMARTS) is 1. The lowest BCUT2D eigenvalue weighted by Gasteiger charge is -2.16. The second-order valence-electron chi connectivity index (χ2n) is 3.92. The van der Waals surface area contributed by atoms with E-state index < -0.39 is 41.8 Å². The Kier molecular flexibility index (Phi) is 5.09. The third-order valence-electron chi connectivity index (χ3n) is 2.50. The number of carbonyl (C=O) groups excluding carboxylic acids is 1. The topological polar surface area (TPSA) is 86.6 Å². The molecule has 0 bridgehead atoms. The number of carboxylic acids is 1. The molecule has 3 N–H and O–H groups in total. The Labute approximate surface area is 112 Å². The predicted octanol–water partition coefficient (Wildman–Crippen LogP) is 1.27. The van der Waals surface area contributed by atoms with Crippen LogP contribution in [0.2, 0.25) is 0 Å². The van der Waals surface area contributed by atoms with E-state index in [1.54, 1.807) is 0 Å². The van der Waals surface area contributed by atoms with Crippen LogP contribution in [0.1, 0.15) is 22.3 Å². The summed E-state index contributed by atoms with van der Waals surface area (Å²) in [6.45, 7) is -0.516. The van der Waals surface area contributed by atoms with Crippen molar-refractivity contribution < 1.29 is 33.0 Å². The number of aliphatic hydroxyl groups excluding tert-OH is 1. The molecule has 110 valence electrons. The number of carbonyl (C=O) groups is 2. The van der Waals surface area contributed by atoms with Crippen molar-refractivity contribution in [1.29, 1.82) is 0 Å². The standard InChI is InChI=1S/C12H12F3NO4/c13-12(14,15)8-4-2-1-3-7(8)10(18)16-9(5-6-17)11(19)20/h1-4,9,17H,5-6H2,(H,16,18)(H,19,20)/t9-/m0/s1. The monoisotopic (exact) mass is 291 g/mol. The molecule has 1 atom stereocenters. The Balaban J connectivity index is 3.01. The molecule has 1 aromatic rings. The summed E-state index contributed by atoms with van der Waals surface area (Å²) in [6.07, 6.45) is -5.01. The highest BCUT2D eigenvalue weighted by Gasteiger charge is 2.35. The zero-order chi connectivity index (χ0) is 15.3. The molecular formula is C12H12F3NO4. The lowest BCUT2D eigenvalue weighted by Crippen LogP contribution is -2.42. The Morgan fingerprint density at radius 2 is 1.85 bits per heavy atom. The number of hydrogen-bond donors (Lipinski definition) is 3. The summed E-state index contributed by atoms with van der Waals surface area (Å²) in [4.78, 5) is 22.5. The first-order chi connectivity index (χ1) is 9.27. The number of aliphatic hydroxyl groups is 1. The fourth-order valence-corrected chi connectivity index (χ4v) is 1.55. The average molecular weight is 291 g/mol. The van der Waals surface area contributed by atoms with Crippen molar-refractivity contribution in [3.8, 4) is 0 Å². The summed E-state index contributed by atoms with van der Waals surface area (Å²) in [5, 5.41) is 19.4. The molecule has 20 heavy (non-hydrogen) atoms. The molecule has 0 aliphatic heterocycles. The van der Waals surface area contributed by atoms with Gasteiger partial charge in [-0.05, 0) is 12.1 Å². The first kappa shape index (κ1) is 16.0. The van der Waals surface area contributed by atoms with E-state index in [1.807, 2.05) is 5.32 Å². The predicted molar refractivity (Wildman–Crippen MR) is 62.0 cm³/mol. The maximum absolute atomic E-state index is 12.7. The van der Waals surface area contributed by atoms with Crippen molar-refractivity contribution in [1.82, 2.24) is 5.32 Å². The molecule has 0 unspecified atom stereocenters. The van der Waals surface area contributed by atoms with Gasteiger partial charge in [-0.25, -0.2) is 4.79 Å². The molecule has 0 aliphatic rings. The maximum Gasteiger partial charge on any atom is 0.417 e. The fraction of sp³-hybridized carbons (Fsp3) is 0.333.